The Bertz CT molecular complexity index is 1070. The fraction of sp³-hybridized carbons (Fsp3) is 0.565. The predicted octanol–water partition coefficient (Wildman–Crippen LogP) is 3.76. The summed E-state index contributed by atoms with van der Waals surface area (Å²) in [4.78, 5) is 18.5. The van der Waals surface area contributed by atoms with Gasteiger partial charge in [0, 0.05) is 57.8 Å². The summed E-state index contributed by atoms with van der Waals surface area (Å²) in [7, 11) is 1.78. The summed E-state index contributed by atoms with van der Waals surface area (Å²) in [5, 5.41) is 9.42. The monoisotopic (exact) mass is 436 g/mol. The Morgan fingerprint density at radius 3 is 2.53 bits per heavy atom. The smallest absolute Gasteiger partial charge is 0.227 e. The van der Waals surface area contributed by atoms with Gasteiger partial charge in [-0.3, -0.25) is 4.68 Å². The Morgan fingerprint density at radius 2 is 1.81 bits per heavy atom. The van der Waals surface area contributed by atoms with E-state index in [0.29, 0.717) is 6.10 Å². The van der Waals surface area contributed by atoms with Gasteiger partial charge in [-0.15, -0.1) is 0 Å². The van der Waals surface area contributed by atoms with Crippen molar-refractivity contribution in [3.63, 3.8) is 0 Å². The number of pyridine rings is 1. The van der Waals surface area contributed by atoms with Gasteiger partial charge in [0.1, 0.15) is 11.6 Å². The van der Waals surface area contributed by atoms with Crippen LogP contribution in [-0.2, 0) is 4.74 Å². The number of hydrogen-bond donors (Lipinski definition) is 1. The SMILES string of the molecule is COC1CCN(c2nccc(Nc3cc4c(cn3)c(N3CCCC3)nn4C(C)C)n2)CC1. The first-order valence-electron chi connectivity index (χ1n) is 11.6. The van der Waals surface area contributed by atoms with E-state index >= 15 is 0 Å². The van der Waals surface area contributed by atoms with Crippen molar-refractivity contribution in [1.29, 1.82) is 0 Å². The molecule has 9 nitrogen and oxygen atoms in total. The van der Waals surface area contributed by atoms with E-state index in [2.05, 4.69) is 49.7 Å². The fourth-order valence-electron chi connectivity index (χ4n) is 4.63. The highest BCUT2D eigenvalue weighted by Crippen LogP contribution is 2.32. The molecule has 3 aromatic rings. The van der Waals surface area contributed by atoms with Gasteiger partial charge < -0.3 is 19.9 Å². The van der Waals surface area contributed by atoms with Crippen LogP contribution in [0.25, 0.3) is 10.9 Å². The molecule has 0 amide bonds. The van der Waals surface area contributed by atoms with E-state index in [1.807, 2.05) is 12.3 Å². The minimum atomic E-state index is 0.268. The Morgan fingerprint density at radius 1 is 1.03 bits per heavy atom. The van der Waals surface area contributed by atoms with Crippen molar-refractivity contribution in [1.82, 2.24) is 24.7 Å². The molecule has 9 heteroatoms. The number of anilines is 4. The van der Waals surface area contributed by atoms with Crippen LogP contribution in [0.15, 0.2) is 24.5 Å². The van der Waals surface area contributed by atoms with Crippen LogP contribution in [0.2, 0.25) is 0 Å². The molecule has 32 heavy (non-hydrogen) atoms. The van der Waals surface area contributed by atoms with Gasteiger partial charge in [0.2, 0.25) is 5.95 Å². The van der Waals surface area contributed by atoms with Crippen molar-refractivity contribution in [2.24, 2.45) is 0 Å². The second-order valence-corrected chi connectivity index (χ2v) is 8.93. The predicted molar refractivity (Wildman–Crippen MR) is 127 cm³/mol. The molecule has 3 aromatic heterocycles. The lowest BCUT2D eigenvalue weighted by atomic mass is 10.1. The number of ether oxygens (including phenoxy) is 1. The maximum Gasteiger partial charge on any atom is 0.227 e. The van der Waals surface area contributed by atoms with E-state index in [4.69, 9.17) is 14.8 Å². The third kappa shape index (κ3) is 4.09. The van der Waals surface area contributed by atoms with Crippen LogP contribution in [0.3, 0.4) is 0 Å². The summed E-state index contributed by atoms with van der Waals surface area (Å²) in [5.74, 6) is 3.30. The van der Waals surface area contributed by atoms with Gasteiger partial charge in [-0.25, -0.2) is 9.97 Å². The molecular formula is C23H32N8O. The molecule has 2 fully saturated rings. The quantitative estimate of drug-likeness (QED) is 0.625. The van der Waals surface area contributed by atoms with Gasteiger partial charge in [-0.2, -0.15) is 10.1 Å². The first-order valence-corrected chi connectivity index (χ1v) is 11.6. The first-order chi connectivity index (χ1) is 15.6. The molecule has 1 N–H and O–H groups in total. The molecule has 5 heterocycles. The zero-order valence-corrected chi connectivity index (χ0v) is 19.2. The van der Waals surface area contributed by atoms with Crippen molar-refractivity contribution < 1.29 is 4.74 Å². The van der Waals surface area contributed by atoms with Gasteiger partial charge in [0.05, 0.1) is 17.0 Å². The molecular weight excluding hydrogens is 404 g/mol. The third-order valence-electron chi connectivity index (χ3n) is 6.42. The Labute approximate surface area is 188 Å². The summed E-state index contributed by atoms with van der Waals surface area (Å²) in [6, 6.07) is 4.23. The second-order valence-electron chi connectivity index (χ2n) is 8.93. The Balaban J connectivity index is 1.39. The molecule has 0 bridgehead atoms. The molecule has 0 unspecified atom stereocenters. The third-order valence-corrected chi connectivity index (χ3v) is 6.42. The van der Waals surface area contributed by atoms with Crippen LogP contribution in [0.1, 0.15) is 45.6 Å². The zero-order valence-electron chi connectivity index (χ0n) is 19.2. The van der Waals surface area contributed by atoms with E-state index < -0.39 is 0 Å². The van der Waals surface area contributed by atoms with Crippen LogP contribution in [-0.4, -0.2) is 64.1 Å². The maximum atomic E-state index is 5.48. The fourth-order valence-corrected chi connectivity index (χ4v) is 4.63. The van der Waals surface area contributed by atoms with Crippen molar-refractivity contribution in [3.05, 3.63) is 24.5 Å². The van der Waals surface area contributed by atoms with E-state index in [9.17, 15) is 0 Å². The van der Waals surface area contributed by atoms with Crippen molar-refractivity contribution in [2.45, 2.75) is 51.7 Å². The van der Waals surface area contributed by atoms with Crippen molar-refractivity contribution in [2.75, 3.05) is 48.4 Å². The molecule has 5 rings (SSSR count). The van der Waals surface area contributed by atoms with Gasteiger partial charge in [0.15, 0.2) is 5.82 Å². The number of aromatic nitrogens is 5. The van der Waals surface area contributed by atoms with E-state index in [0.717, 1.165) is 73.3 Å². The minimum absolute atomic E-state index is 0.268. The zero-order chi connectivity index (χ0) is 22.1. The highest BCUT2D eigenvalue weighted by atomic mass is 16.5. The highest BCUT2D eigenvalue weighted by Gasteiger charge is 2.22. The van der Waals surface area contributed by atoms with E-state index in [-0.39, 0.29) is 6.04 Å². The number of methoxy groups -OCH3 is 1. The molecule has 2 saturated heterocycles. The lowest BCUT2D eigenvalue weighted by Crippen LogP contribution is -2.37. The van der Waals surface area contributed by atoms with Crippen LogP contribution in [0, 0.1) is 0 Å². The second kappa shape index (κ2) is 8.90. The average molecular weight is 437 g/mol. The normalized spacial score (nSPS) is 17.6. The summed E-state index contributed by atoms with van der Waals surface area (Å²) >= 11 is 0. The molecule has 0 spiro atoms. The van der Waals surface area contributed by atoms with Gasteiger partial charge in [-0.1, -0.05) is 0 Å². The summed E-state index contributed by atoms with van der Waals surface area (Å²) in [6.45, 7) is 8.26. The number of fused-ring (bicyclic) bond motifs is 1. The molecule has 0 aromatic carbocycles. The summed E-state index contributed by atoms with van der Waals surface area (Å²) < 4.78 is 7.57. The molecule has 0 radical (unpaired) electrons. The van der Waals surface area contributed by atoms with Crippen LogP contribution in [0.4, 0.5) is 23.4 Å². The molecule has 170 valence electrons. The maximum absolute atomic E-state index is 5.48. The average Bonchev–Trinajstić information content (AvgIpc) is 3.47. The van der Waals surface area contributed by atoms with Gasteiger partial charge >= 0.3 is 0 Å². The van der Waals surface area contributed by atoms with Crippen LogP contribution >= 0.6 is 0 Å². The number of nitrogens with one attached hydrogen (secondary N) is 1. The Hall–Kier alpha value is -2.94. The van der Waals surface area contributed by atoms with Crippen molar-refractivity contribution in [3.8, 4) is 0 Å². The number of piperidine rings is 1. The lowest BCUT2D eigenvalue weighted by Gasteiger charge is -2.31. The molecule has 0 atom stereocenters. The van der Waals surface area contributed by atoms with Crippen LogP contribution in [0.5, 0.6) is 0 Å². The van der Waals surface area contributed by atoms with Crippen LogP contribution < -0.4 is 15.1 Å². The number of hydrogen-bond acceptors (Lipinski definition) is 8. The number of nitrogens with zero attached hydrogens (tertiary/aromatic N) is 7. The van der Waals surface area contributed by atoms with Crippen molar-refractivity contribution >= 4 is 34.3 Å². The molecule has 0 saturated carbocycles. The van der Waals surface area contributed by atoms with E-state index in [1.54, 1.807) is 13.3 Å². The van der Waals surface area contributed by atoms with E-state index in [1.165, 1.54) is 12.8 Å². The topological polar surface area (TPSA) is 84.2 Å². The first kappa shape index (κ1) is 20.9. The molecule has 0 aliphatic carbocycles. The lowest BCUT2D eigenvalue weighted by molar-refractivity contribution is 0.0816. The molecule has 2 aliphatic rings. The summed E-state index contributed by atoms with van der Waals surface area (Å²) in [5.41, 5.74) is 1.09. The van der Waals surface area contributed by atoms with Gasteiger partial charge in [-0.05, 0) is 45.6 Å². The molecule has 2 aliphatic heterocycles. The largest absolute Gasteiger partial charge is 0.381 e. The number of rotatable bonds is 6. The minimum Gasteiger partial charge on any atom is -0.381 e. The summed E-state index contributed by atoms with van der Waals surface area (Å²) in [6.07, 6.45) is 8.51. The highest BCUT2D eigenvalue weighted by molar-refractivity contribution is 5.92. The Kier molecular flexibility index (Phi) is 5.82. The standard InChI is InChI=1S/C23H32N8O/c1-16(2)31-19-14-21(25-15-18(19)22(28-31)29-10-4-5-11-29)26-20-6-9-24-23(27-20)30-12-7-17(32-3)8-13-30/h6,9,14-17H,4-5,7-8,10-13H2,1-3H3,(H,24,25,26,27). The van der Waals surface area contributed by atoms with Gasteiger partial charge in [0.25, 0.3) is 0 Å².